The lowest BCUT2D eigenvalue weighted by Crippen LogP contribution is -2.48. The van der Waals surface area contributed by atoms with Crippen molar-refractivity contribution in [2.75, 3.05) is 6.61 Å². The molecule has 1 N–H and O–H groups in total. The van der Waals surface area contributed by atoms with Crippen molar-refractivity contribution >= 4 is 5.97 Å². The fourth-order valence-electron chi connectivity index (χ4n) is 9.92. The minimum Gasteiger partial charge on any atom is -0.463 e. The second-order valence-corrected chi connectivity index (χ2v) is 20.1. The number of carbonyl (C=O) groups excluding carboxylic acids is 1. The molecule has 4 saturated heterocycles. The molecule has 0 amide bonds. The van der Waals surface area contributed by atoms with Crippen molar-refractivity contribution in [2.24, 2.45) is 11.8 Å². The van der Waals surface area contributed by atoms with Gasteiger partial charge in [-0.2, -0.15) is 0 Å². The molecule has 4 fully saturated rings. The molecular formula is C61H78O11. The number of aliphatic hydroxyl groups excluding tert-OH is 1. The summed E-state index contributed by atoms with van der Waals surface area (Å²) in [6.45, 7) is 12.3. The fraction of sp³-hybridized carbons (Fsp3) is 0.492. The average Bonchev–Trinajstić information content (AvgIpc) is 3.37. The molecule has 0 saturated carbocycles. The van der Waals surface area contributed by atoms with Crippen LogP contribution in [0.3, 0.4) is 0 Å². The number of aliphatic hydroxyl groups is 1. The molecule has 4 aliphatic heterocycles. The zero-order valence-electron chi connectivity index (χ0n) is 43.1. The maximum atomic E-state index is 11.4. The van der Waals surface area contributed by atoms with Crippen LogP contribution < -0.4 is 0 Å². The molecule has 3 aromatic carbocycles. The van der Waals surface area contributed by atoms with Gasteiger partial charge in [-0.05, 0) is 33.1 Å². The molecule has 388 valence electrons. The monoisotopic (exact) mass is 987 g/mol. The lowest BCUT2D eigenvalue weighted by Gasteiger charge is -2.45. The van der Waals surface area contributed by atoms with Crippen LogP contribution in [-0.2, 0) is 47.4 Å². The zero-order chi connectivity index (χ0) is 50.7. The summed E-state index contributed by atoms with van der Waals surface area (Å²) in [6.07, 6.45) is 25.3. The standard InChI is InChI=1S/C61H78O11/c1-7-64-56(62)33-25-14-12-10-8-9-11-13-24-32-48-36-51(68-58(65-48)45-26-18-15-19-27-45)40-54-42-55(72-61(5,6)71-54)41-53-39-52(69-60(70-53)47-30-22-17-23-31-47)38-50-37-49(35-34-44(4)57(63)43(2)3)66-59(67-50)46-28-20-16-21-29-46/h8-31,33-35,43-44,48-55,57-60,63H,7,32,36-42H2,1-6H3/b10-8+,11-9+,14-12+,24-13+,33-25+,35-34+/t44-,48-,49-,50-,51-,52+,53+,54-,55-,57-,58-,59-,60+/m0/s1. The molecule has 3 aromatic rings. The van der Waals surface area contributed by atoms with Gasteiger partial charge in [-0.3, -0.25) is 0 Å². The number of rotatable bonds is 21. The van der Waals surface area contributed by atoms with Gasteiger partial charge in [0, 0.05) is 73.6 Å². The summed E-state index contributed by atoms with van der Waals surface area (Å²) in [4.78, 5) is 11.4. The van der Waals surface area contributed by atoms with Crippen LogP contribution >= 0.6 is 0 Å². The van der Waals surface area contributed by atoms with Crippen molar-refractivity contribution in [3.8, 4) is 0 Å². The van der Waals surface area contributed by atoms with Crippen LogP contribution in [-0.4, -0.2) is 78.4 Å². The first-order valence-corrected chi connectivity index (χ1v) is 26.2. The molecule has 72 heavy (non-hydrogen) atoms. The van der Waals surface area contributed by atoms with Crippen molar-refractivity contribution in [3.05, 3.63) is 181 Å². The minimum atomic E-state index is -0.813. The molecule has 0 aromatic heterocycles. The topological polar surface area (TPSA) is 120 Å². The van der Waals surface area contributed by atoms with Crippen LogP contribution in [0.4, 0.5) is 0 Å². The van der Waals surface area contributed by atoms with Gasteiger partial charge in [0.15, 0.2) is 24.7 Å². The van der Waals surface area contributed by atoms with Crippen molar-refractivity contribution in [2.45, 2.75) is 173 Å². The molecule has 0 bridgehead atoms. The molecule has 11 nitrogen and oxygen atoms in total. The highest BCUT2D eigenvalue weighted by atomic mass is 16.7. The second-order valence-electron chi connectivity index (χ2n) is 20.1. The summed E-state index contributed by atoms with van der Waals surface area (Å²) in [5.41, 5.74) is 2.93. The number of hydrogen-bond donors (Lipinski definition) is 1. The molecule has 7 rings (SSSR count). The summed E-state index contributed by atoms with van der Waals surface area (Å²) in [5.74, 6) is -1.03. The summed E-state index contributed by atoms with van der Waals surface area (Å²) >= 11 is 0. The van der Waals surface area contributed by atoms with Gasteiger partial charge in [-0.1, -0.05) is 179 Å². The predicted molar refractivity (Wildman–Crippen MR) is 279 cm³/mol. The Morgan fingerprint density at radius 1 is 0.583 bits per heavy atom. The fourth-order valence-corrected chi connectivity index (χ4v) is 9.92. The zero-order valence-corrected chi connectivity index (χ0v) is 43.1. The quantitative estimate of drug-likeness (QED) is 0.0475. The first kappa shape index (κ1) is 55.0. The van der Waals surface area contributed by atoms with E-state index in [0.717, 1.165) is 29.5 Å². The van der Waals surface area contributed by atoms with Gasteiger partial charge < -0.3 is 47.7 Å². The number of benzene rings is 3. The predicted octanol–water partition coefficient (Wildman–Crippen LogP) is 12.6. The lowest BCUT2D eigenvalue weighted by atomic mass is 9.92. The molecule has 4 heterocycles. The van der Waals surface area contributed by atoms with Gasteiger partial charge in [0.25, 0.3) is 0 Å². The largest absolute Gasteiger partial charge is 0.463 e. The minimum absolute atomic E-state index is 0.0128. The van der Waals surface area contributed by atoms with E-state index in [-0.39, 0.29) is 66.6 Å². The molecule has 0 radical (unpaired) electrons. The summed E-state index contributed by atoms with van der Waals surface area (Å²) < 4.78 is 58.5. The van der Waals surface area contributed by atoms with E-state index in [1.807, 2.05) is 138 Å². The number of allylic oxidation sites excluding steroid dienone is 8. The molecule has 0 unspecified atom stereocenters. The van der Waals surface area contributed by atoms with E-state index in [4.69, 9.17) is 42.6 Å². The Balaban J connectivity index is 0.996. The highest BCUT2D eigenvalue weighted by Gasteiger charge is 2.42. The van der Waals surface area contributed by atoms with E-state index in [0.29, 0.717) is 45.1 Å². The van der Waals surface area contributed by atoms with Gasteiger partial charge in [0.1, 0.15) is 0 Å². The molecule has 13 atom stereocenters. The number of hydrogen-bond acceptors (Lipinski definition) is 11. The van der Waals surface area contributed by atoms with E-state index in [1.54, 1.807) is 19.1 Å². The highest BCUT2D eigenvalue weighted by molar-refractivity contribution is 5.82. The van der Waals surface area contributed by atoms with E-state index in [9.17, 15) is 9.90 Å². The molecule has 0 spiro atoms. The summed E-state index contributed by atoms with van der Waals surface area (Å²) in [5, 5.41) is 10.8. The van der Waals surface area contributed by atoms with E-state index in [1.165, 1.54) is 6.08 Å². The van der Waals surface area contributed by atoms with Crippen molar-refractivity contribution in [1.82, 2.24) is 0 Å². The smallest absolute Gasteiger partial charge is 0.330 e. The van der Waals surface area contributed by atoms with Gasteiger partial charge in [-0.15, -0.1) is 0 Å². The van der Waals surface area contributed by atoms with Crippen LogP contribution in [0.1, 0.15) is 128 Å². The number of esters is 1. The summed E-state index contributed by atoms with van der Waals surface area (Å²) in [6, 6.07) is 30.4. The highest BCUT2D eigenvalue weighted by Crippen LogP contribution is 2.41. The van der Waals surface area contributed by atoms with Gasteiger partial charge in [0.2, 0.25) is 0 Å². The molecular weight excluding hydrogens is 909 g/mol. The Bertz CT molecular complexity index is 2240. The maximum absolute atomic E-state index is 11.4. The van der Waals surface area contributed by atoms with Crippen LogP contribution in [0.5, 0.6) is 0 Å². The van der Waals surface area contributed by atoms with Crippen molar-refractivity contribution < 1.29 is 52.5 Å². The lowest BCUT2D eigenvalue weighted by molar-refractivity contribution is -0.320. The first-order chi connectivity index (χ1) is 34.9. The Labute approximate surface area is 428 Å². The Kier molecular flexibility index (Phi) is 21.4. The van der Waals surface area contributed by atoms with Gasteiger partial charge >= 0.3 is 5.97 Å². The maximum Gasteiger partial charge on any atom is 0.330 e. The number of carbonyl (C=O) groups is 1. The van der Waals surface area contributed by atoms with Crippen molar-refractivity contribution in [3.63, 3.8) is 0 Å². The third kappa shape index (κ3) is 17.7. The van der Waals surface area contributed by atoms with Gasteiger partial charge in [-0.25, -0.2) is 4.79 Å². The number of ether oxygens (including phenoxy) is 9. The van der Waals surface area contributed by atoms with Crippen molar-refractivity contribution in [1.29, 1.82) is 0 Å². The van der Waals surface area contributed by atoms with Gasteiger partial charge in [0.05, 0.1) is 61.5 Å². The van der Waals surface area contributed by atoms with Crippen LogP contribution in [0.25, 0.3) is 0 Å². The third-order valence-electron chi connectivity index (χ3n) is 13.3. The SMILES string of the molecule is CCOC(=O)/C=C/C=C/C=C/C=C/C=C/C[C@H]1C[C@@H](C[C@H]2C[C@H](C[C@H]3C[C@@H](C[C@@H]4C[C@H](/C=C/[C@H](C)[C@@H](O)C(C)C)O[C@H](c5ccccc5)O4)O[C@@H](c4ccccc4)O3)OC(C)(C)O2)O[C@@H](c2ccccc2)O1. The Morgan fingerprint density at radius 2 is 1.00 bits per heavy atom. The molecule has 11 heteroatoms. The third-order valence-corrected chi connectivity index (χ3v) is 13.3. The average molecular weight is 987 g/mol. The van der Waals surface area contributed by atoms with E-state index in [2.05, 4.69) is 42.5 Å². The molecule has 4 aliphatic rings. The Morgan fingerprint density at radius 3 is 1.50 bits per heavy atom. The van der Waals surface area contributed by atoms with Crippen LogP contribution in [0.15, 0.2) is 164 Å². The summed E-state index contributed by atoms with van der Waals surface area (Å²) in [7, 11) is 0. The normalized spacial score (nSPS) is 30.3. The van der Waals surface area contributed by atoms with Crippen LogP contribution in [0.2, 0.25) is 0 Å². The first-order valence-electron chi connectivity index (χ1n) is 26.2. The Hall–Kier alpha value is -4.79. The van der Waals surface area contributed by atoms with E-state index >= 15 is 0 Å². The second kappa shape index (κ2) is 28.0. The van der Waals surface area contributed by atoms with E-state index < -0.39 is 30.8 Å². The molecule has 0 aliphatic carbocycles. The van der Waals surface area contributed by atoms with Crippen LogP contribution in [0, 0.1) is 11.8 Å².